The summed E-state index contributed by atoms with van der Waals surface area (Å²) in [5.74, 6) is 0. The third kappa shape index (κ3) is 2.47. The number of rotatable bonds is 0. The summed E-state index contributed by atoms with van der Waals surface area (Å²) in [5.41, 5.74) is 13.5. The molecule has 1 aromatic heterocycles. The summed E-state index contributed by atoms with van der Waals surface area (Å²) in [7, 11) is 0. The van der Waals surface area contributed by atoms with Crippen LogP contribution < -0.4 is 0 Å². The molecule has 13 heavy (non-hydrogen) atoms. The maximum atomic E-state index is 6.75. The van der Waals surface area contributed by atoms with E-state index in [0.717, 1.165) is 0 Å². The lowest BCUT2D eigenvalue weighted by Crippen LogP contribution is -1.71. The maximum absolute atomic E-state index is 6.75. The van der Waals surface area contributed by atoms with Crippen molar-refractivity contribution in [1.82, 2.24) is 4.98 Å². The van der Waals surface area contributed by atoms with Gasteiger partial charge in [-0.05, 0) is 16.8 Å². The molecule has 64 valence electrons. The van der Waals surface area contributed by atoms with E-state index in [1.165, 1.54) is 15.7 Å². The highest BCUT2D eigenvalue weighted by molar-refractivity contribution is 5.80. The lowest BCUT2D eigenvalue weighted by Gasteiger charge is -1.91. The van der Waals surface area contributed by atoms with Crippen LogP contribution in [0.15, 0.2) is 42.7 Å². The van der Waals surface area contributed by atoms with Gasteiger partial charge in [0.2, 0.25) is 0 Å². The molecule has 1 aromatic carbocycles. The van der Waals surface area contributed by atoms with Gasteiger partial charge >= 0.3 is 0 Å². The molecular weight excluding hydrogens is 164 g/mol. The normalized spacial score (nSPS) is 8.31. The van der Waals surface area contributed by atoms with Crippen molar-refractivity contribution in [2.75, 3.05) is 0 Å². The first-order valence-electron chi connectivity index (χ1n) is 3.65. The second-order valence-electron chi connectivity index (χ2n) is 2.31. The molecule has 4 nitrogen and oxygen atoms in total. The lowest BCUT2D eigenvalue weighted by atomic mass is 10.2. The predicted molar refractivity (Wildman–Crippen MR) is 51.8 cm³/mol. The van der Waals surface area contributed by atoms with Crippen LogP contribution in [0.4, 0.5) is 0 Å². The molecule has 1 heterocycles. The molecule has 4 heteroatoms. The van der Waals surface area contributed by atoms with E-state index in [-0.39, 0.29) is 0 Å². The first-order valence-corrected chi connectivity index (χ1v) is 3.65. The van der Waals surface area contributed by atoms with Crippen molar-refractivity contribution in [2.45, 2.75) is 0 Å². The molecule has 0 amide bonds. The summed E-state index contributed by atoms with van der Waals surface area (Å²) in [4.78, 5) is 5.51. The Balaban J connectivity index is 0.000000251. The van der Waals surface area contributed by atoms with Gasteiger partial charge in [-0.25, -0.2) is 0 Å². The Labute approximate surface area is 75.3 Å². The van der Waals surface area contributed by atoms with Crippen LogP contribution in [0.25, 0.3) is 26.7 Å². The molecule has 2 aromatic rings. The number of benzene rings is 1. The fourth-order valence-corrected chi connectivity index (χ4v) is 1.03. The van der Waals surface area contributed by atoms with Crippen molar-refractivity contribution >= 4 is 10.8 Å². The van der Waals surface area contributed by atoms with Gasteiger partial charge in [0.1, 0.15) is 0 Å². The molecule has 0 bridgehead atoms. The Morgan fingerprint density at radius 2 is 1.62 bits per heavy atom. The quantitative estimate of drug-likeness (QED) is 0.341. The van der Waals surface area contributed by atoms with Gasteiger partial charge in [0.25, 0.3) is 0 Å². The lowest BCUT2D eigenvalue weighted by molar-refractivity contribution is 1.36. The van der Waals surface area contributed by atoms with E-state index in [0.29, 0.717) is 0 Å². The number of hydrogen-bond donors (Lipinski definition) is 0. The Kier molecular flexibility index (Phi) is 3.30. The third-order valence-electron chi connectivity index (χ3n) is 1.55. The van der Waals surface area contributed by atoms with Crippen molar-refractivity contribution in [3.05, 3.63) is 58.7 Å². The Hall–Kier alpha value is -2.06. The van der Waals surface area contributed by atoms with Crippen LogP contribution in [0.5, 0.6) is 0 Å². The highest BCUT2D eigenvalue weighted by Gasteiger charge is 1.86. The van der Waals surface area contributed by atoms with Gasteiger partial charge in [-0.1, -0.05) is 24.3 Å². The summed E-state index contributed by atoms with van der Waals surface area (Å²) in [6.45, 7) is 0. The Morgan fingerprint density at radius 3 is 2.23 bits per heavy atom. The molecule has 0 saturated heterocycles. The smallest absolute Gasteiger partial charge is 0.0346 e. The van der Waals surface area contributed by atoms with E-state index < -0.39 is 0 Å². The van der Waals surface area contributed by atoms with Crippen LogP contribution in [-0.2, 0) is 0 Å². The second kappa shape index (κ2) is 4.74. The number of pyridine rings is 1. The molecule has 0 fully saturated rings. The Morgan fingerprint density at radius 1 is 1.00 bits per heavy atom. The standard InChI is InChI=1S/C9H7N.N3/c1-2-4-9-7-10-6-5-8(9)3-1;1-3-2/h1-7H;/q;-1. The monoisotopic (exact) mass is 171 g/mol. The van der Waals surface area contributed by atoms with Crippen LogP contribution in [0.1, 0.15) is 0 Å². The van der Waals surface area contributed by atoms with Crippen LogP contribution in [0, 0.1) is 0 Å². The molecule has 2 rings (SSSR count). The van der Waals surface area contributed by atoms with Gasteiger partial charge < -0.3 is 11.1 Å². The fraction of sp³-hybridized carbons (Fsp3) is 0. The van der Waals surface area contributed by atoms with Crippen molar-refractivity contribution in [3.63, 3.8) is 0 Å². The van der Waals surface area contributed by atoms with Gasteiger partial charge in [0.05, 0.1) is 0 Å². The van der Waals surface area contributed by atoms with E-state index in [4.69, 9.17) is 11.1 Å². The summed E-state index contributed by atoms with van der Waals surface area (Å²) in [5, 5.41) is 2.45. The average molecular weight is 171 g/mol. The third-order valence-corrected chi connectivity index (χ3v) is 1.55. The zero-order valence-electron chi connectivity index (χ0n) is 6.83. The first kappa shape index (κ1) is 9.03. The molecule has 0 saturated carbocycles. The van der Waals surface area contributed by atoms with Crippen LogP contribution in [-0.4, -0.2) is 4.98 Å². The van der Waals surface area contributed by atoms with E-state index in [9.17, 15) is 0 Å². The molecule has 0 aliphatic carbocycles. The zero-order valence-corrected chi connectivity index (χ0v) is 6.83. The largest absolute Gasteiger partial charge is 0.373 e. The van der Waals surface area contributed by atoms with Gasteiger partial charge in [0.15, 0.2) is 0 Å². The average Bonchev–Trinajstić information content (AvgIpc) is 2.19. The number of fused-ring (bicyclic) bond motifs is 1. The van der Waals surface area contributed by atoms with Gasteiger partial charge in [0, 0.05) is 12.4 Å². The molecule has 0 aliphatic heterocycles. The summed E-state index contributed by atoms with van der Waals surface area (Å²) in [6, 6.07) is 10.2. The van der Waals surface area contributed by atoms with Crippen LogP contribution in [0.3, 0.4) is 0 Å². The van der Waals surface area contributed by atoms with E-state index in [1.807, 2.05) is 30.6 Å². The minimum atomic E-state index is 1.20. The van der Waals surface area contributed by atoms with E-state index in [2.05, 4.69) is 17.1 Å². The number of nitrogens with zero attached hydrogens (tertiary/aromatic N) is 4. The highest BCUT2D eigenvalue weighted by Crippen LogP contribution is 2.09. The second-order valence-corrected chi connectivity index (χ2v) is 2.31. The summed E-state index contributed by atoms with van der Waals surface area (Å²) in [6.07, 6.45) is 3.68. The van der Waals surface area contributed by atoms with Crippen molar-refractivity contribution < 1.29 is 0 Å². The topological polar surface area (TPSA) is 71.6 Å². The molecule has 0 atom stereocenters. The number of aromatic nitrogens is 1. The molecule has 0 unspecified atom stereocenters. The van der Waals surface area contributed by atoms with E-state index >= 15 is 0 Å². The van der Waals surface area contributed by atoms with Gasteiger partial charge in [-0.3, -0.25) is 9.90 Å². The van der Waals surface area contributed by atoms with Gasteiger partial charge in [-0.2, -0.15) is 0 Å². The maximum Gasteiger partial charge on any atom is 0.0346 e. The minimum absolute atomic E-state index is 1.20. The SMILES string of the molecule is [N-]=[N+]=[N-].c1ccc2cnccc2c1. The van der Waals surface area contributed by atoms with Crippen LogP contribution in [0.2, 0.25) is 0 Å². The summed E-state index contributed by atoms with van der Waals surface area (Å²) < 4.78 is 0. The van der Waals surface area contributed by atoms with Gasteiger partial charge in [-0.15, -0.1) is 0 Å². The fourth-order valence-electron chi connectivity index (χ4n) is 1.03. The molecule has 0 N–H and O–H groups in total. The van der Waals surface area contributed by atoms with Crippen molar-refractivity contribution in [1.29, 1.82) is 0 Å². The predicted octanol–water partition coefficient (Wildman–Crippen LogP) is 3.10. The minimum Gasteiger partial charge on any atom is -0.373 e. The number of hydrogen-bond acceptors (Lipinski definition) is 1. The molecule has 0 radical (unpaired) electrons. The molecular formula is C9H7N4-. The van der Waals surface area contributed by atoms with Crippen molar-refractivity contribution in [2.24, 2.45) is 0 Å². The van der Waals surface area contributed by atoms with Crippen LogP contribution >= 0.6 is 0 Å². The molecule has 0 spiro atoms. The van der Waals surface area contributed by atoms with E-state index in [1.54, 1.807) is 0 Å². The highest BCUT2D eigenvalue weighted by atomic mass is 15.0. The zero-order chi connectivity index (χ0) is 9.52. The molecule has 0 aliphatic rings. The van der Waals surface area contributed by atoms with Crippen molar-refractivity contribution in [3.8, 4) is 0 Å². The Bertz CT molecular complexity index is 353. The summed E-state index contributed by atoms with van der Waals surface area (Å²) >= 11 is 0. The first-order chi connectivity index (χ1) is 6.38.